The summed E-state index contributed by atoms with van der Waals surface area (Å²) in [4.78, 5) is 0.433. The van der Waals surface area contributed by atoms with Crippen molar-refractivity contribution in [3.8, 4) is 0 Å². The Labute approximate surface area is 128 Å². The molecule has 0 atom stereocenters. The Balaban J connectivity index is 2.18. The van der Waals surface area contributed by atoms with E-state index in [0.29, 0.717) is 17.4 Å². The number of anilines is 1. The normalized spacial score (nSPS) is 16.3. The van der Waals surface area contributed by atoms with Crippen LogP contribution in [0.15, 0.2) is 17.0 Å². The molecule has 0 spiro atoms. The Morgan fingerprint density at radius 2 is 1.71 bits per heavy atom. The SMILES string of the molecule is CCNc1cc(C)c(S(=O)(=O)NCC2CCCC2)c(C)c1. The predicted octanol–water partition coefficient (Wildman–Crippen LogP) is 3.20. The second-order valence-corrected chi connectivity index (χ2v) is 7.68. The third-order valence-electron chi connectivity index (χ3n) is 4.15. The van der Waals surface area contributed by atoms with E-state index in [1.54, 1.807) is 0 Å². The first kappa shape index (κ1) is 16.3. The zero-order chi connectivity index (χ0) is 15.5. The molecule has 1 aromatic carbocycles. The molecule has 0 bridgehead atoms. The molecule has 2 rings (SSSR count). The highest BCUT2D eigenvalue weighted by molar-refractivity contribution is 7.89. The maximum atomic E-state index is 12.6. The quantitative estimate of drug-likeness (QED) is 0.848. The van der Waals surface area contributed by atoms with Crippen LogP contribution < -0.4 is 10.0 Å². The third kappa shape index (κ3) is 3.98. The maximum Gasteiger partial charge on any atom is 0.241 e. The smallest absolute Gasteiger partial charge is 0.241 e. The molecule has 5 heteroatoms. The van der Waals surface area contributed by atoms with Gasteiger partial charge in [0.1, 0.15) is 0 Å². The number of nitrogens with one attached hydrogen (secondary N) is 2. The van der Waals surface area contributed by atoms with Gasteiger partial charge in [-0.15, -0.1) is 0 Å². The highest BCUT2D eigenvalue weighted by atomic mass is 32.2. The molecule has 1 saturated carbocycles. The van der Waals surface area contributed by atoms with Crippen LogP contribution in [0, 0.1) is 19.8 Å². The number of hydrogen-bond acceptors (Lipinski definition) is 3. The van der Waals surface area contributed by atoms with E-state index in [-0.39, 0.29) is 0 Å². The van der Waals surface area contributed by atoms with Crippen LogP contribution in [0.25, 0.3) is 0 Å². The summed E-state index contributed by atoms with van der Waals surface area (Å²) in [6.45, 7) is 7.13. The van der Waals surface area contributed by atoms with Gasteiger partial charge < -0.3 is 5.32 Å². The zero-order valence-electron chi connectivity index (χ0n) is 13.2. The van der Waals surface area contributed by atoms with Gasteiger partial charge in [-0.3, -0.25) is 0 Å². The summed E-state index contributed by atoms with van der Waals surface area (Å²) in [5.41, 5.74) is 2.57. The van der Waals surface area contributed by atoms with Gasteiger partial charge in [-0.1, -0.05) is 12.8 Å². The molecular formula is C16H26N2O2S. The Kier molecular flexibility index (Phi) is 5.27. The summed E-state index contributed by atoms with van der Waals surface area (Å²) >= 11 is 0. The topological polar surface area (TPSA) is 58.2 Å². The van der Waals surface area contributed by atoms with Gasteiger partial charge in [0, 0.05) is 18.8 Å². The van der Waals surface area contributed by atoms with Crippen molar-refractivity contribution in [3.63, 3.8) is 0 Å². The lowest BCUT2D eigenvalue weighted by Gasteiger charge is -2.16. The van der Waals surface area contributed by atoms with E-state index in [0.717, 1.165) is 36.2 Å². The van der Waals surface area contributed by atoms with E-state index in [4.69, 9.17) is 0 Å². The summed E-state index contributed by atoms with van der Waals surface area (Å²) < 4.78 is 27.9. The molecule has 1 aliphatic rings. The molecule has 1 aromatic rings. The molecule has 0 amide bonds. The van der Waals surface area contributed by atoms with E-state index >= 15 is 0 Å². The van der Waals surface area contributed by atoms with Gasteiger partial charge in [-0.25, -0.2) is 13.1 Å². The first-order valence-corrected chi connectivity index (χ1v) is 9.27. The highest BCUT2D eigenvalue weighted by Crippen LogP contribution is 2.27. The first-order chi connectivity index (χ1) is 9.94. The van der Waals surface area contributed by atoms with Crippen LogP contribution in [0.2, 0.25) is 0 Å². The molecule has 0 unspecified atom stereocenters. The van der Waals surface area contributed by atoms with Crippen molar-refractivity contribution in [2.45, 2.75) is 51.3 Å². The Morgan fingerprint density at radius 1 is 1.14 bits per heavy atom. The molecule has 1 aliphatic carbocycles. The fourth-order valence-corrected chi connectivity index (χ4v) is 4.76. The molecule has 21 heavy (non-hydrogen) atoms. The average molecular weight is 310 g/mol. The lowest BCUT2D eigenvalue weighted by molar-refractivity contribution is 0.519. The third-order valence-corrected chi connectivity index (χ3v) is 5.87. The summed E-state index contributed by atoms with van der Waals surface area (Å²) in [5, 5.41) is 3.23. The Bertz CT molecular complexity index is 567. The lowest BCUT2D eigenvalue weighted by atomic mass is 10.1. The number of aryl methyl sites for hydroxylation is 2. The first-order valence-electron chi connectivity index (χ1n) is 7.79. The molecule has 2 N–H and O–H groups in total. The minimum absolute atomic E-state index is 0.433. The highest BCUT2D eigenvalue weighted by Gasteiger charge is 2.23. The van der Waals surface area contributed by atoms with E-state index in [2.05, 4.69) is 10.0 Å². The van der Waals surface area contributed by atoms with Gasteiger partial charge in [-0.2, -0.15) is 0 Å². The van der Waals surface area contributed by atoms with Crippen molar-refractivity contribution in [1.82, 2.24) is 4.72 Å². The second-order valence-electron chi connectivity index (χ2n) is 5.97. The van der Waals surface area contributed by atoms with Crippen LogP contribution in [0.5, 0.6) is 0 Å². The minimum Gasteiger partial charge on any atom is -0.385 e. The van der Waals surface area contributed by atoms with Crippen LogP contribution in [0.1, 0.15) is 43.7 Å². The van der Waals surface area contributed by atoms with Crippen LogP contribution in [0.3, 0.4) is 0 Å². The fourth-order valence-electron chi connectivity index (χ4n) is 3.19. The van der Waals surface area contributed by atoms with E-state index in [9.17, 15) is 8.42 Å². The summed E-state index contributed by atoms with van der Waals surface area (Å²) in [6, 6.07) is 3.81. The Morgan fingerprint density at radius 3 is 2.24 bits per heavy atom. The van der Waals surface area contributed by atoms with Gasteiger partial charge in [0.05, 0.1) is 4.90 Å². The molecule has 0 aromatic heterocycles. The van der Waals surface area contributed by atoms with Crippen molar-refractivity contribution >= 4 is 15.7 Å². The molecule has 118 valence electrons. The monoisotopic (exact) mass is 310 g/mol. The summed E-state index contributed by atoms with van der Waals surface area (Å²) in [6.07, 6.45) is 4.73. The average Bonchev–Trinajstić information content (AvgIpc) is 2.88. The Hall–Kier alpha value is -1.07. The fraction of sp³-hybridized carbons (Fsp3) is 0.625. The molecule has 0 heterocycles. The molecular weight excluding hydrogens is 284 g/mol. The van der Waals surface area contributed by atoms with Gasteiger partial charge in [0.15, 0.2) is 0 Å². The van der Waals surface area contributed by atoms with Crippen LogP contribution in [-0.2, 0) is 10.0 Å². The van der Waals surface area contributed by atoms with Crippen LogP contribution >= 0.6 is 0 Å². The van der Waals surface area contributed by atoms with Crippen molar-refractivity contribution in [2.24, 2.45) is 5.92 Å². The van der Waals surface area contributed by atoms with Crippen molar-refractivity contribution in [2.75, 3.05) is 18.4 Å². The number of hydrogen-bond donors (Lipinski definition) is 2. The van der Waals surface area contributed by atoms with Gasteiger partial charge in [0.2, 0.25) is 10.0 Å². The number of benzene rings is 1. The minimum atomic E-state index is -3.42. The van der Waals surface area contributed by atoms with Gasteiger partial charge >= 0.3 is 0 Å². The molecule has 1 fully saturated rings. The zero-order valence-corrected chi connectivity index (χ0v) is 14.0. The summed E-state index contributed by atoms with van der Waals surface area (Å²) in [5.74, 6) is 0.501. The molecule has 0 radical (unpaired) electrons. The molecule has 0 aliphatic heterocycles. The van der Waals surface area contributed by atoms with E-state index in [1.807, 2.05) is 32.9 Å². The van der Waals surface area contributed by atoms with Gasteiger partial charge in [0.25, 0.3) is 0 Å². The molecule has 0 saturated heterocycles. The maximum absolute atomic E-state index is 12.6. The van der Waals surface area contributed by atoms with Crippen molar-refractivity contribution < 1.29 is 8.42 Å². The summed E-state index contributed by atoms with van der Waals surface area (Å²) in [7, 11) is -3.42. The van der Waals surface area contributed by atoms with Gasteiger partial charge in [-0.05, 0) is 62.8 Å². The number of sulfonamides is 1. The van der Waals surface area contributed by atoms with Crippen molar-refractivity contribution in [3.05, 3.63) is 23.3 Å². The number of rotatable bonds is 6. The second kappa shape index (κ2) is 6.79. The lowest BCUT2D eigenvalue weighted by Crippen LogP contribution is -2.29. The van der Waals surface area contributed by atoms with Crippen molar-refractivity contribution in [1.29, 1.82) is 0 Å². The standard InChI is InChI=1S/C16H26N2O2S/c1-4-17-15-9-12(2)16(13(3)10-15)21(19,20)18-11-14-7-5-6-8-14/h9-10,14,17-18H,4-8,11H2,1-3H3. The van der Waals surface area contributed by atoms with Crippen LogP contribution in [-0.4, -0.2) is 21.5 Å². The van der Waals surface area contributed by atoms with Crippen LogP contribution in [0.4, 0.5) is 5.69 Å². The molecule has 4 nitrogen and oxygen atoms in total. The largest absolute Gasteiger partial charge is 0.385 e. The van der Waals surface area contributed by atoms with E-state index in [1.165, 1.54) is 12.8 Å². The predicted molar refractivity (Wildman–Crippen MR) is 87.2 cm³/mol. The van der Waals surface area contributed by atoms with E-state index < -0.39 is 10.0 Å².